The molecule has 2 aliphatic rings. The molecule has 1 saturated carbocycles. The van der Waals surface area contributed by atoms with Gasteiger partial charge in [0.05, 0.1) is 19.2 Å². The summed E-state index contributed by atoms with van der Waals surface area (Å²) in [5.41, 5.74) is 1.24. The summed E-state index contributed by atoms with van der Waals surface area (Å²) in [5, 5.41) is 17.6. The molecule has 0 unspecified atom stereocenters. The Kier molecular flexibility index (Phi) is 4.37. The zero-order valence-corrected chi connectivity index (χ0v) is 14.1. The maximum atomic E-state index is 9.15. The van der Waals surface area contributed by atoms with Gasteiger partial charge in [-0.2, -0.15) is 10.1 Å². The summed E-state index contributed by atoms with van der Waals surface area (Å²) in [6.45, 7) is 4.88. The number of aliphatic hydroxyl groups is 1. The van der Waals surface area contributed by atoms with Crippen LogP contribution in [0.2, 0.25) is 0 Å². The van der Waals surface area contributed by atoms with E-state index >= 15 is 0 Å². The molecular weight excluding hydrogens is 306 g/mol. The maximum absolute atomic E-state index is 9.15. The summed E-state index contributed by atoms with van der Waals surface area (Å²) in [6, 6.07) is 2.26. The van der Waals surface area contributed by atoms with Gasteiger partial charge in [0.1, 0.15) is 0 Å². The number of aliphatic hydroxyl groups excluding tert-OH is 1. The standard InChI is InChI=1S/C17H25N5O2/c1-12(17-19-16(20-24-17)14-2-3-14)21-8-5-13(6-9-21)15-4-7-18-22(15)10-11-23/h4,7,12-14,23H,2-3,5-6,8-11H2,1H3/t12-/m0/s1. The molecule has 1 aliphatic heterocycles. The molecule has 0 amide bonds. The molecule has 0 aromatic carbocycles. The highest BCUT2D eigenvalue weighted by molar-refractivity contribution is 5.10. The van der Waals surface area contributed by atoms with Crippen LogP contribution in [0.3, 0.4) is 0 Å². The molecule has 130 valence electrons. The Morgan fingerprint density at radius 3 is 2.75 bits per heavy atom. The molecule has 2 fully saturated rings. The summed E-state index contributed by atoms with van der Waals surface area (Å²) in [4.78, 5) is 7.02. The monoisotopic (exact) mass is 331 g/mol. The Bertz CT molecular complexity index is 670. The van der Waals surface area contributed by atoms with Crippen molar-refractivity contribution in [2.75, 3.05) is 19.7 Å². The minimum atomic E-state index is 0.130. The number of hydrogen-bond donors (Lipinski definition) is 1. The van der Waals surface area contributed by atoms with Gasteiger partial charge in [-0.25, -0.2) is 0 Å². The van der Waals surface area contributed by atoms with Crippen molar-refractivity contribution in [3.05, 3.63) is 29.7 Å². The molecule has 2 aromatic heterocycles. The van der Waals surface area contributed by atoms with Gasteiger partial charge in [0.2, 0.25) is 5.89 Å². The van der Waals surface area contributed by atoms with Gasteiger partial charge >= 0.3 is 0 Å². The smallest absolute Gasteiger partial charge is 0.243 e. The summed E-state index contributed by atoms with van der Waals surface area (Å²) in [7, 11) is 0. The van der Waals surface area contributed by atoms with Gasteiger partial charge in [0, 0.05) is 23.7 Å². The number of hydrogen-bond acceptors (Lipinski definition) is 6. The second kappa shape index (κ2) is 6.64. The molecule has 1 aliphatic carbocycles. The van der Waals surface area contributed by atoms with Crippen molar-refractivity contribution >= 4 is 0 Å². The van der Waals surface area contributed by atoms with Crippen molar-refractivity contribution in [2.24, 2.45) is 0 Å². The Labute approximate surface area is 141 Å². The number of aromatic nitrogens is 4. The van der Waals surface area contributed by atoms with Crippen LogP contribution < -0.4 is 0 Å². The van der Waals surface area contributed by atoms with Crippen LogP contribution in [-0.4, -0.2) is 49.6 Å². The Balaban J connectivity index is 1.37. The zero-order chi connectivity index (χ0) is 16.5. The van der Waals surface area contributed by atoms with Crippen LogP contribution in [0.4, 0.5) is 0 Å². The number of nitrogens with zero attached hydrogens (tertiary/aromatic N) is 5. The molecule has 3 heterocycles. The van der Waals surface area contributed by atoms with Gasteiger partial charge in [0.25, 0.3) is 0 Å². The van der Waals surface area contributed by atoms with Crippen LogP contribution in [0.5, 0.6) is 0 Å². The molecule has 7 nitrogen and oxygen atoms in total. The summed E-state index contributed by atoms with van der Waals surface area (Å²) in [6.07, 6.45) is 6.40. The fourth-order valence-electron chi connectivity index (χ4n) is 3.63. The van der Waals surface area contributed by atoms with E-state index in [1.807, 2.05) is 10.9 Å². The fourth-order valence-corrected chi connectivity index (χ4v) is 3.63. The van der Waals surface area contributed by atoms with Crippen molar-refractivity contribution in [1.29, 1.82) is 0 Å². The fraction of sp³-hybridized carbons (Fsp3) is 0.706. The quantitative estimate of drug-likeness (QED) is 0.873. The van der Waals surface area contributed by atoms with Gasteiger partial charge < -0.3 is 9.63 Å². The van der Waals surface area contributed by atoms with Crippen LogP contribution in [0.1, 0.15) is 67.9 Å². The van der Waals surface area contributed by atoms with Gasteiger partial charge in [-0.1, -0.05) is 5.16 Å². The van der Waals surface area contributed by atoms with E-state index < -0.39 is 0 Å². The van der Waals surface area contributed by atoms with Gasteiger partial charge in [-0.15, -0.1) is 0 Å². The van der Waals surface area contributed by atoms with E-state index in [0.717, 1.165) is 37.6 Å². The van der Waals surface area contributed by atoms with E-state index in [4.69, 9.17) is 9.63 Å². The van der Waals surface area contributed by atoms with Crippen LogP contribution in [0, 0.1) is 0 Å². The molecule has 24 heavy (non-hydrogen) atoms. The van der Waals surface area contributed by atoms with E-state index in [1.54, 1.807) is 0 Å². The lowest BCUT2D eigenvalue weighted by Gasteiger charge is -2.34. The minimum Gasteiger partial charge on any atom is -0.394 e. The number of piperidine rings is 1. The zero-order valence-electron chi connectivity index (χ0n) is 14.1. The van der Waals surface area contributed by atoms with E-state index in [1.165, 1.54) is 18.5 Å². The van der Waals surface area contributed by atoms with Crippen LogP contribution in [0.15, 0.2) is 16.8 Å². The number of rotatable bonds is 6. The minimum absolute atomic E-state index is 0.130. The molecule has 1 N–H and O–H groups in total. The highest BCUT2D eigenvalue weighted by Gasteiger charge is 2.32. The van der Waals surface area contributed by atoms with Crippen molar-refractivity contribution in [1.82, 2.24) is 24.8 Å². The molecule has 1 atom stereocenters. The predicted octanol–water partition coefficient (Wildman–Crippen LogP) is 2.08. The summed E-state index contributed by atoms with van der Waals surface area (Å²) in [5.74, 6) is 2.68. The van der Waals surface area contributed by atoms with E-state index in [2.05, 4.69) is 33.1 Å². The second-order valence-corrected chi connectivity index (χ2v) is 6.95. The average molecular weight is 331 g/mol. The molecule has 4 rings (SSSR count). The Hall–Kier alpha value is -1.73. The lowest BCUT2D eigenvalue weighted by molar-refractivity contribution is 0.134. The summed E-state index contributed by atoms with van der Waals surface area (Å²) < 4.78 is 7.42. The van der Waals surface area contributed by atoms with Gasteiger partial charge in [-0.3, -0.25) is 9.58 Å². The molecule has 0 spiro atoms. The van der Waals surface area contributed by atoms with Gasteiger partial charge in [0.15, 0.2) is 5.82 Å². The van der Waals surface area contributed by atoms with Crippen molar-refractivity contribution < 1.29 is 9.63 Å². The van der Waals surface area contributed by atoms with E-state index in [9.17, 15) is 0 Å². The van der Waals surface area contributed by atoms with Crippen molar-refractivity contribution in [3.63, 3.8) is 0 Å². The summed E-state index contributed by atoms with van der Waals surface area (Å²) >= 11 is 0. The largest absolute Gasteiger partial charge is 0.394 e. The molecule has 2 aromatic rings. The van der Waals surface area contributed by atoms with Crippen LogP contribution in [0.25, 0.3) is 0 Å². The first kappa shape index (κ1) is 15.8. The van der Waals surface area contributed by atoms with Crippen LogP contribution in [-0.2, 0) is 6.54 Å². The maximum Gasteiger partial charge on any atom is 0.243 e. The normalized spacial score (nSPS) is 21.2. The van der Waals surface area contributed by atoms with Crippen LogP contribution >= 0.6 is 0 Å². The highest BCUT2D eigenvalue weighted by Crippen LogP contribution is 2.39. The third-order valence-electron chi connectivity index (χ3n) is 5.31. The predicted molar refractivity (Wildman–Crippen MR) is 87.5 cm³/mol. The SMILES string of the molecule is C[C@@H](c1nc(C2CC2)no1)N1CCC(c2ccnn2CCO)CC1. The molecular formula is C17H25N5O2. The molecule has 0 bridgehead atoms. The van der Waals surface area contributed by atoms with Gasteiger partial charge in [-0.05, 0) is 51.8 Å². The average Bonchev–Trinajstić information content (AvgIpc) is 3.16. The highest BCUT2D eigenvalue weighted by atomic mass is 16.5. The van der Waals surface area contributed by atoms with Crippen molar-refractivity contribution in [2.45, 2.75) is 57.0 Å². The first-order chi connectivity index (χ1) is 11.8. The first-order valence-electron chi connectivity index (χ1n) is 8.96. The van der Waals surface area contributed by atoms with E-state index in [-0.39, 0.29) is 12.6 Å². The Morgan fingerprint density at radius 2 is 2.04 bits per heavy atom. The molecule has 1 saturated heterocycles. The molecule has 0 radical (unpaired) electrons. The third kappa shape index (κ3) is 3.10. The lowest BCUT2D eigenvalue weighted by Crippen LogP contribution is -2.35. The lowest BCUT2D eigenvalue weighted by atomic mass is 9.92. The van der Waals surface area contributed by atoms with E-state index in [0.29, 0.717) is 18.4 Å². The number of likely N-dealkylation sites (tertiary alicyclic amines) is 1. The van der Waals surface area contributed by atoms with Crippen molar-refractivity contribution in [3.8, 4) is 0 Å². The third-order valence-corrected chi connectivity index (χ3v) is 5.31. The topological polar surface area (TPSA) is 80.2 Å². The first-order valence-corrected chi connectivity index (χ1v) is 8.96. The molecule has 7 heteroatoms. The Morgan fingerprint density at radius 1 is 1.25 bits per heavy atom. The second-order valence-electron chi connectivity index (χ2n) is 6.95.